The summed E-state index contributed by atoms with van der Waals surface area (Å²) in [6.45, 7) is 8.65. The molecule has 2 unspecified atom stereocenters. The Bertz CT molecular complexity index is 349. The fraction of sp³-hybridized carbons (Fsp3) is 0.625. The zero-order valence-electron chi connectivity index (χ0n) is 11.8. The molecule has 0 bridgehead atoms. The van der Waals surface area contributed by atoms with Crippen molar-refractivity contribution in [3.05, 3.63) is 35.9 Å². The maximum absolute atomic E-state index is 5.57. The van der Waals surface area contributed by atoms with Crippen LogP contribution in [0.15, 0.2) is 30.3 Å². The molecule has 1 N–H and O–H groups in total. The Morgan fingerprint density at radius 3 is 2.50 bits per heavy atom. The summed E-state index contributed by atoms with van der Waals surface area (Å²) >= 11 is 0. The number of hydrogen-bond donors (Lipinski definition) is 1. The third kappa shape index (κ3) is 3.56. The SMILES string of the molecule is CC(C)(C)C(NC1CCCOC1)c1ccccc1. The molecule has 2 atom stereocenters. The summed E-state index contributed by atoms with van der Waals surface area (Å²) in [7, 11) is 0. The first-order valence-corrected chi connectivity index (χ1v) is 6.96. The third-order valence-electron chi connectivity index (χ3n) is 3.56. The van der Waals surface area contributed by atoms with Gasteiger partial charge in [0.05, 0.1) is 6.61 Å². The Morgan fingerprint density at radius 2 is 1.94 bits per heavy atom. The number of ether oxygens (including phenoxy) is 1. The summed E-state index contributed by atoms with van der Waals surface area (Å²) < 4.78 is 5.57. The Morgan fingerprint density at radius 1 is 1.22 bits per heavy atom. The van der Waals surface area contributed by atoms with E-state index in [2.05, 4.69) is 56.4 Å². The summed E-state index contributed by atoms with van der Waals surface area (Å²) in [4.78, 5) is 0. The minimum atomic E-state index is 0.207. The van der Waals surface area contributed by atoms with E-state index in [0.29, 0.717) is 12.1 Å². The van der Waals surface area contributed by atoms with E-state index in [1.54, 1.807) is 0 Å². The average molecular weight is 247 g/mol. The van der Waals surface area contributed by atoms with Crippen molar-refractivity contribution in [3.63, 3.8) is 0 Å². The number of nitrogens with one attached hydrogen (secondary N) is 1. The smallest absolute Gasteiger partial charge is 0.0619 e. The van der Waals surface area contributed by atoms with Crippen LogP contribution >= 0.6 is 0 Å². The molecular weight excluding hydrogens is 222 g/mol. The monoisotopic (exact) mass is 247 g/mol. The van der Waals surface area contributed by atoms with E-state index in [0.717, 1.165) is 13.2 Å². The Kier molecular flexibility index (Phi) is 4.41. The predicted octanol–water partition coefficient (Wildman–Crippen LogP) is 3.54. The normalized spacial score (nSPS) is 22.7. The molecule has 1 aromatic carbocycles. The molecule has 0 amide bonds. The van der Waals surface area contributed by atoms with Gasteiger partial charge in [-0.05, 0) is 23.8 Å². The Balaban J connectivity index is 2.11. The molecule has 2 nitrogen and oxygen atoms in total. The van der Waals surface area contributed by atoms with E-state index in [9.17, 15) is 0 Å². The Labute approximate surface area is 111 Å². The van der Waals surface area contributed by atoms with Gasteiger partial charge in [0.15, 0.2) is 0 Å². The van der Waals surface area contributed by atoms with E-state index < -0.39 is 0 Å². The standard InChI is InChI=1S/C16H25NO/c1-16(2,3)15(13-8-5-4-6-9-13)17-14-10-7-11-18-12-14/h4-6,8-9,14-15,17H,7,10-12H2,1-3H3. The van der Waals surface area contributed by atoms with Crippen LogP contribution in [0.25, 0.3) is 0 Å². The molecule has 0 aliphatic carbocycles. The molecule has 2 heteroatoms. The highest BCUT2D eigenvalue weighted by atomic mass is 16.5. The highest BCUT2D eigenvalue weighted by molar-refractivity contribution is 5.21. The fourth-order valence-electron chi connectivity index (χ4n) is 2.60. The van der Waals surface area contributed by atoms with Gasteiger partial charge in [0.25, 0.3) is 0 Å². The molecule has 1 aliphatic rings. The van der Waals surface area contributed by atoms with Crippen LogP contribution in [0.3, 0.4) is 0 Å². The quantitative estimate of drug-likeness (QED) is 0.882. The number of rotatable bonds is 3. The second kappa shape index (κ2) is 5.85. The predicted molar refractivity (Wildman–Crippen MR) is 75.6 cm³/mol. The summed E-state index contributed by atoms with van der Waals surface area (Å²) in [5, 5.41) is 3.79. The topological polar surface area (TPSA) is 21.3 Å². The minimum Gasteiger partial charge on any atom is -0.380 e. The van der Waals surface area contributed by atoms with Gasteiger partial charge in [-0.3, -0.25) is 0 Å². The summed E-state index contributed by atoms with van der Waals surface area (Å²) in [6.07, 6.45) is 2.39. The lowest BCUT2D eigenvalue weighted by Gasteiger charge is -2.36. The van der Waals surface area contributed by atoms with E-state index in [-0.39, 0.29) is 5.41 Å². The average Bonchev–Trinajstić information content (AvgIpc) is 2.37. The van der Waals surface area contributed by atoms with E-state index in [1.165, 1.54) is 18.4 Å². The van der Waals surface area contributed by atoms with E-state index >= 15 is 0 Å². The fourth-order valence-corrected chi connectivity index (χ4v) is 2.60. The van der Waals surface area contributed by atoms with Gasteiger partial charge in [-0.15, -0.1) is 0 Å². The zero-order valence-corrected chi connectivity index (χ0v) is 11.8. The summed E-state index contributed by atoms with van der Waals surface area (Å²) in [5.74, 6) is 0. The lowest BCUT2D eigenvalue weighted by atomic mass is 9.81. The molecule has 0 spiro atoms. The zero-order chi connectivity index (χ0) is 13.0. The summed E-state index contributed by atoms with van der Waals surface area (Å²) in [5.41, 5.74) is 1.58. The largest absolute Gasteiger partial charge is 0.380 e. The van der Waals surface area contributed by atoms with Crippen molar-refractivity contribution in [1.29, 1.82) is 0 Å². The molecule has 1 saturated heterocycles. The molecule has 1 aliphatic heterocycles. The molecule has 2 rings (SSSR count). The van der Waals surface area contributed by atoms with Gasteiger partial charge in [0.2, 0.25) is 0 Å². The minimum absolute atomic E-state index is 0.207. The van der Waals surface area contributed by atoms with Crippen molar-refractivity contribution in [1.82, 2.24) is 5.32 Å². The van der Waals surface area contributed by atoms with Crippen LogP contribution in [0.4, 0.5) is 0 Å². The molecule has 0 aromatic heterocycles. The molecular formula is C16H25NO. The first-order valence-electron chi connectivity index (χ1n) is 6.96. The lowest BCUT2D eigenvalue weighted by Crippen LogP contribution is -2.43. The van der Waals surface area contributed by atoms with Crippen LogP contribution < -0.4 is 5.32 Å². The van der Waals surface area contributed by atoms with Crippen molar-refractivity contribution < 1.29 is 4.74 Å². The molecule has 18 heavy (non-hydrogen) atoms. The van der Waals surface area contributed by atoms with Gasteiger partial charge in [0.1, 0.15) is 0 Å². The van der Waals surface area contributed by atoms with Crippen molar-refractivity contribution in [2.24, 2.45) is 5.41 Å². The van der Waals surface area contributed by atoms with Gasteiger partial charge >= 0.3 is 0 Å². The molecule has 100 valence electrons. The highest BCUT2D eigenvalue weighted by Crippen LogP contribution is 2.33. The maximum Gasteiger partial charge on any atom is 0.0619 e. The highest BCUT2D eigenvalue weighted by Gasteiger charge is 2.28. The lowest BCUT2D eigenvalue weighted by molar-refractivity contribution is 0.0589. The second-order valence-corrected chi connectivity index (χ2v) is 6.29. The van der Waals surface area contributed by atoms with Crippen molar-refractivity contribution in [3.8, 4) is 0 Å². The van der Waals surface area contributed by atoms with Crippen LogP contribution in [0.2, 0.25) is 0 Å². The second-order valence-electron chi connectivity index (χ2n) is 6.29. The van der Waals surface area contributed by atoms with E-state index in [1.807, 2.05) is 0 Å². The molecule has 0 radical (unpaired) electrons. The van der Waals surface area contributed by atoms with Crippen molar-refractivity contribution in [2.45, 2.75) is 45.7 Å². The van der Waals surface area contributed by atoms with Gasteiger partial charge in [-0.1, -0.05) is 51.1 Å². The Hall–Kier alpha value is -0.860. The van der Waals surface area contributed by atoms with Gasteiger partial charge in [0, 0.05) is 18.7 Å². The molecule has 1 aromatic rings. The van der Waals surface area contributed by atoms with Gasteiger partial charge in [-0.2, -0.15) is 0 Å². The van der Waals surface area contributed by atoms with Gasteiger partial charge in [-0.25, -0.2) is 0 Å². The van der Waals surface area contributed by atoms with Crippen LogP contribution in [0.1, 0.15) is 45.2 Å². The van der Waals surface area contributed by atoms with Crippen LogP contribution in [0, 0.1) is 5.41 Å². The first kappa shape index (κ1) is 13.6. The molecule has 1 heterocycles. The molecule has 1 fully saturated rings. The number of hydrogen-bond acceptors (Lipinski definition) is 2. The van der Waals surface area contributed by atoms with Crippen LogP contribution in [0.5, 0.6) is 0 Å². The molecule has 0 saturated carbocycles. The van der Waals surface area contributed by atoms with E-state index in [4.69, 9.17) is 4.74 Å². The van der Waals surface area contributed by atoms with Gasteiger partial charge < -0.3 is 10.1 Å². The first-order chi connectivity index (χ1) is 8.57. The van der Waals surface area contributed by atoms with Crippen molar-refractivity contribution >= 4 is 0 Å². The maximum atomic E-state index is 5.57. The van der Waals surface area contributed by atoms with Crippen LogP contribution in [-0.4, -0.2) is 19.3 Å². The van der Waals surface area contributed by atoms with Crippen LogP contribution in [-0.2, 0) is 4.74 Å². The third-order valence-corrected chi connectivity index (χ3v) is 3.56. The number of benzene rings is 1. The summed E-state index contributed by atoms with van der Waals surface area (Å²) in [6, 6.07) is 11.6. The van der Waals surface area contributed by atoms with Crippen molar-refractivity contribution in [2.75, 3.05) is 13.2 Å².